The summed E-state index contributed by atoms with van der Waals surface area (Å²) in [6, 6.07) is 10.5. The summed E-state index contributed by atoms with van der Waals surface area (Å²) in [5.74, 6) is -0.00399. The second kappa shape index (κ2) is 13.0. The smallest absolute Gasteiger partial charge is 0.407 e. The summed E-state index contributed by atoms with van der Waals surface area (Å²) in [5.41, 5.74) is 9.09. The molecule has 1 aromatic carbocycles. The molecule has 0 spiro atoms. The van der Waals surface area contributed by atoms with Crippen molar-refractivity contribution in [3.8, 4) is 17.1 Å². The largest absolute Gasteiger partial charge is 0.475 e. The molecule has 11 nitrogen and oxygen atoms in total. The highest BCUT2D eigenvalue weighted by Crippen LogP contribution is 2.29. The molecule has 0 bridgehead atoms. The van der Waals surface area contributed by atoms with Crippen molar-refractivity contribution in [3.63, 3.8) is 0 Å². The number of hydrogen-bond donors (Lipinski definition) is 3. The minimum Gasteiger partial charge on any atom is -0.475 e. The van der Waals surface area contributed by atoms with Crippen molar-refractivity contribution in [2.75, 3.05) is 31.3 Å². The number of esters is 1. The second-order valence-corrected chi connectivity index (χ2v) is 10.2. The number of nitrogen functional groups attached to an aromatic ring is 1. The van der Waals surface area contributed by atoms with E-state index in [1.165, 1.54) is 7.11 Å². The van der Waals surface area contributed by atoms with E-state index in [0.717, 1.165) is 12.1 Å². The van der Waals surface area contributed by atoms with Gasteiger partial charge >= 0.3 is 12.1 Å². The van der Waals surface area contributed by atoms with Gasteiger partial charge in [-0.15, -0.1) is 0 Å². The molecule has 2 aromatic heterocycles. The molecule has 3 rings (SSSR count). The molecule has 0 saturated carbocycles. The summed E-state index contributed by atoms with van der Waals surface area (Å²) in [7, 11) is 3.08. The van der Waals surface area contributed by atoms with Crippen molar-refractivity contribution in [3.05, 3.63) is 53.9 Å². The number of methoxy groups -OCH3 is 1. The number of ether oxygens (including phenoxy) is 3. The van der Waals surface area contributed by atoms with E-state index in [9.17, 15) is 9.59 Å². The molecule has 0 aliphatic rings. The molecule has 0 saturated heterocycles. The molecule has 0 unspecified atom stereocenters. The molecule has 0 fully saturated rings. The minimum atomic E-state index is -0.634. The number of pyridine rings is 1. The van der Waals surface area contributed by atoms with E-state index in [2.05, 4.69) is 20.7 Å². The Morgan fingerprint density at radius 1 is 1.18 bits per heavy atom. The number of aryl methyl sites for hydroxylation is 2. The summed E-state index contributed by atoms with van der Waals surface area (Å²) in [5, 5.41) is 10.6. The zero-order valence-corrected chi connectivity index (χ0v) is 23.4. The first kappa shape index (κ1) is 29.3. The van der Waals surface area contributed by atoms with Gasteiger partial charge in [-0.25, -0.2) is 14.3 Å². The van der Waals surface area contributed by atoms with Gasteiger partial charge in [0.1, 0.15) is 12.2 Å². The lowest BCUT2D eigenvalue weighted by atomic mass is 10.1. The van der Waals surface area contributed by atoms with Gasteiger partial charge in [-0.05, 0) is 64.8 Å². The van der Waals surface area contributed by atoms with Gasteiger partial charge in [0.2, 0.25) is 5.88 Å². The number of alkyl carbamates (subject to hydrolysis) is 1. The Balaban J connectivity index is 1.73. The molecule has 4 N–H and O–H groups in total. The Bertz CT molecular complexity index is 1280. The van der Waals surface area contributed by atoms with Crippen LogP contribution in [0.25, 0.3) is 11.3 Å². The van der Waals surface area contributed by atoms with E-state index < -0.39 is 17.7 Å². The van der Waals surface area contributed by atoms with E-state index >= 15 is 0 Å². The molecule has 0 aliphatic carbocycles. The van der Waals surface area contributed by atoms with Crippen molar-refractivity contribution in [1.82, 2.24) is 20.1 Å². The number of hydrogen-bond acceptors (Lipinski definition) is 9. The highest BCUT2D eigenvalue weighted by atomic mass is 16.6. The van der Waals surface area contributed by atoms with Crippen molar-refractivity contribution in [2.45, 2.75) is 52.2 Å². The minimum absolute atomic E-state index is 0.162. The average Bonchev–Trinajstić information content (AvgIpc) is 3.24. The van der Waals surface area contributed by atoms with Crippen LogP contribution >= 0.6 is 0 Å². The van der Waals surface area contributed by atoms with Crippen molar-refractivity contribution in [1.29, 1.82) is 0 Å². The van der Waals surface area contributed by atoms with Gasteiger partial charge in [0.15, 0.2) is 0 Å². The highest BCUT2D eigenvalue weighted by Gasteiger charge is 2.22. The number of para-hydroxylation sites is 2. The van der Waals surface area contributed by atoms with Crippen LogP contribution in [-0.2, 0) is 16.5 Å². The zero-order valence-electron chi connectivity index (χ0n) is 23.4. The monoisotopic (exact) mass is 538 g/mol. The van der Waals surface area contributed by atoms with Gasteiger partial charge in [0.25, 0.3) is 0 Å². The number of carbonyl (C=O) groups is 2. The topological polar surface area (TPSA) is 143 Å². The van der Waals surface area contributed by atoms with Crippen molar-refractivity contribution < 1.29 is 23.8 Å². The van der Waals surface area contributed by atoms with Crippen LogP contribution in [0.5, 0.6) is 5.88 Å². The Hall–Kier alpha value is -4.28. The van der Waals surface area contributed by atoms with Crippen LogP contribution in [0, 0.1) is 6.92 Å². The molecule has 3 aromatic rings. The number of aromatic nitrogens is 3. The van der Waals surface area contributed by atoms with E-state index in [4.69, 9.17) is 19.9 Å². The Morgan fingerprint density at radius 2 is 1.92 bits per heavy atom. The number of nitrogens with one attached hydrogen (secondary N) is 2. The quantitative estimate of drug-likeness (QED) is 0.185. The van der Waals surface area contributed by atoms with Gasteiger partial charge in [0.05, 0.1) is 47.5 Å². The predicted octanol–water partition coefficient (Wildman–Crippen LogP) is 4.32. The molecule has 1 atom stereocenters. The summed E-state index contributed by atoms with van der Waals surface area (Å²) in [6.07, 6.45) is 2.45. The van der Waals surface area contributed by atoms with Crippen molar-refractivity contribution in [2.24, 2.45) is 7.05 Å². The van der Waals surface area contributed by atoms with Gasteiger partial charge < -0.3 is 30.6 Å². The summed E-state index contributed by atoms with van der Waals surface area (Å²) < 4.78 is 18.1. The fourth-order valence-corrected chi connectivity index (χ4v) is 3.90. The maximum absolute atomic E-state index is 12.6. The van der Waals surface area contributed by atoms with Gasteiger partial charge in [-0.2, -0.15) is 5.10 Å². The van der Waals surface area contributed by atoms with Crippen molar-refractivity contribution >= 4 is 23.4 Å². The first-order valence-electron chi connectivity index (χ1n) is 12.8. The number of benzene rings is 1. The standard InChI is InChI=1S/C28H38N6O5/c1-18-14-19(26(35)37-6)15-24(32-18)21-16-31-34(5)25(21)38-17-20(33-27(36)39-28(2,3)4)10-9-13-30-23-12-8-7-11-22(23)29/h7-8,11-12,14-16,20,30H,9-10,13,17,29H2,1-6H3,(H,33,36)/t20-/m0/s1. The fraction of sp³-hybridized carbons (Fsp3) is 0.429. The lowest BCUT2D eigenvalue weighted by Gasteiger charge is -2.24. The summed E-state index contributed by atoms with van der Waals surface area (Å²) in [6.45, 7) is 8.05. The van der Waals surface area contributed by atoms with Crippen LogP contribution < -0.4 is 21.1 Å². The van der Waals surface area contributed by atoms with Crippen LogP contribution in [0.4, 0.5) is 16.2 Å². The maximum Gasteiger partial charge on any atom is 0.407 e. The molecule has 11 heteroatoms. The molecule has 0 aliphatic heterocycles. The van der Waals surface area contributed by atoms with E-state index in [-0.39, 0.29) is 12.6 Å². The predicted molar refractivity (Wildman–Crippen MR) is 150 cm³/mol. The number of anilines is 2. The molecular weight excluding hydrogens is 500 g/mol. The first-order valence-corrected chi connectivity index (χ1v) is 12.8. The number of rotatable bonds is 11. The fourth-order valence-electron chi connectivity index (χ4n) is 3.90. The molecule has 39 heavy (non-hydrogen) atoms. The normalized spacial score (nSPS) is 11.9. The Labute approximate surface area is 229 Å². The molecule has 0 radical (unpaired) electrons. The lowest BCUT2D eigenvalue weighted by Crippen LogP contribution is -2.42. The third-order valence-electron chi connectivity index (χ3n) is 5.68. The van der Waals surface area contributed by atoms with Crippen LogP contribution in [0.1, 0.15) is 49.7 Å². The van der Waals surface area contributed by atoms with Gasteiger partial charge in [0, 0.05) is 19.3 Å². The summed E-state index contributed by atoms with van der Waals surface area (Å²) >= 11 is 0. The van der Waals surface area contributed by atoms with E-state index in [1.54, 1.807) is 37.0 Å². The molecule has 210 valence electrons. The van der Waals surface area contributed by atoms with Crippen LogP contribution in [-0.4, -0.2) is 58.7 Å². The average molecular weight is 539 g/mol. The second-order valence-electron chi connectivity index (χ2n) is 10.2. The van der Waals surface area contributed by atoms with E-state index in [1.807, 2.05) is 45.0 Å². The van der Waals surface area contributed by atoms with E-state index in [0.29, 0.717) is 47.0 Å². The SMILES string of the molecule is COC(=O)c1cc(C)nc(-c2cnn(C)c2OC[C@H](CCCNc2ccccc2N)NC(=O)OC(C)(C)C)c1. The molecular formula is C28H38N6O5. The highest BCUT2D eigenvalue weighted by molar-refractivity contribution is 5.90. The van der Waals surface area contributed by atoms with Crippen LogP contribution in [0.15, 0.2) is 42.6 Å². The zero-order chi connectivity index (χ0) is 28.6. The number of carbonyl (C=O) groups excluding carboxylic acids is 2. The summed E-state index contributed by atoms with van der Waals surface area (Å²) in [4.78, 5) is 29.2. The third-order valence-corrected chi connectivity index (χ3v) is 5.68. The lowest BCUT2D eigenvalue weighted by molar-refractivity contribution is 0.0482. The Morgan fingerprint density at radius 3 is 2.62 bits per heavy atom. The number of amides is 1. The number of nitrogens with zero attached hydrogens (tertiary/aromatic N) is 3. The first-order chi connectivity index (χ1) is 18.5. The number of nitrogens with two attached hydrogens (primary N) is 1. The van der Waals surface area contributed by atoms with Gasteiger partial charge in [-0.1, -0.05) is 12.1 Å². The molecule has 1 amide bonds. The third kappa shape index (κ3) is 8.62. The maximum atomic E-state index is 12.6. The van der Waals surface area contributed by atoms with Crippen LogP contribution in [0.2, 0.25) is 0 Å². The molecule has 2 heterocycles. The Kier molecular flexibility index (Phi) is 9.75. The van der Waals surface area contributed by atoms with Crippen LogP contribution in [0.3, 0.4) is 0 Å². The van der Waals surface area contributed by atoms with Gasteiger partial charge in [-0.3, -0.25) is 4.98 Å².